The quantitative estimate of drug-likeness (QED) is 0.840. The standard InChI is InChI=1S/C19H23N3O4/c1-14-12-16(21-26-14)18(23)22-9-6-19(7-10-22)13-15(5-11-24-19)25-17-4-2-3-8-20-17/h2-4,8,12,15H,5-7,9-11,13H2,1H3. The maximum Gasteiger partial charge on any atom is 0.276 e. The predicted molar refractivity (Wildman–Crippen MR) is 92.9 cm³/mol. The van der Waals surface area contributed by atoms with Crippen molar-refractivity contribution in [2.24, 2.45) is 0 Å². The molecule has 2 fully saturated rings. The molecule has 0 N–H and O–H groups in total. The van der Waals surface area contributed by atoms with Gasteiger partial charge in [0, 0.05) is 44.3 Å². The van der Waals surface area contributed by atoms with E-state index >= 15 is 0 Å². The molecule has 1 spiro atoms. The smallest absolute Gasteiger partial charge is 0.276 e. The number of hydrogen-bond acceptors (Lipinski definition) is 6. The van der Waals surface area contributed by atoms with Gasteiger partial charge in [0.2, 0.25) is 5.88 Å². The molecule has 1 unspecified atom stereocenters. The van der Waals surface area contributed by atoms with Crippen LogP contribution in [0.25, 0.3) is 0 Å². The molecule has 4 heterocycles. The molecule has 2 saturated heterocycles. The minimum absolute atomic E-state index is 0.0752. The lowest BCUT2D eigenvalue weighted by atomic mass is 9.83. The van der Waals surface area contributed by atoms with Crippen molar-refractivity contribution in [3.05, 3.63) is 41.9 Å². The lowest BCUT2D eigenvalue weighted by molar-refractivity contribution is -0.135. The van der Waals surface area contributed by atoms with Crippen molar-refractivity contribution in [3.8, 4) is 5.88 Å². The maximum atomic E-state index is 12.5. The molecule has 0 aromatic carbocycles. The summed E-state index contributed by atoms with van der Waals surface area (Å²) in [6.07, 6.45) is 5.13. The second kappa shape index (κ2) is 7.07. The zero-order chi connectivity index (χ0) is 18.0. The Bertz CT molecular complexity index is 753. The van der Waals surface area contributed by atoms with E-state index < -0.39 is 0 Å². The van der Waals surface area contributed by atoms with Crippen LogP contribution < -0.4 is 4.74 Å². The first-order chi connectivity index (χ1) is 12.6. The van der Waals surface area contributed by atoms with Gasteiger partial charge in [-0.2, -0.15) is 0 Å². The number of ether oxygens (including phenoxy) is 2. The number of piperidine rings is 1. The second-order valence-corrected chi connectivity index (χ2v) is 7.05. The topological polar surface area (TPSA) is 77.7 Å². The van der Waals surface area contributed by atoms with E-state index in [0.717, 1.165) is 25.7 Å². The monoisotopic (exact) mass is 357 g/mol. The third kappa shape index (κ3) is 3.58. The maximum absolute atomic E-state index is 12.5. The van der Waals surface area contributed by atoms with Crippen LogP contribution in [0, 0.1) is 6.92 Å². The largest absolute Gasteiger partial charge is 0.474 e. The Morgan fingerprint density at radius 1 is 1.35 bits per heavy atom. The van der Waals surface area contributed by atoms with Gasteiger partial charge < -0.3 is 18.9 Å². The number of nitrogens with zero attached hydrogens (tertiary/aromatic N) is 3. The van der Waals surface area contributed by atoms with E-state index in [-0.39, 0.29) is 17.6 Å². The van der Waals surface area contributed by atoms with E-state index in [2.05, 4.69) is 10.1 Å². The van der Waals surface area contributed by atoms with Crippen LogP contribution in [0.1, 0.15) is 41.9 Å². The fraction of sp³-hybridized carbons (Fsp3) is 0.526. The fourth-order valence-electron chi connectivity index (χ4n) is 3.77. The van der Waals surface area contributed by atoms with Gasteiger partial charge >= 0.3 is 0 Å². The summed E-state index contributed by atoms with van der Waals surface area (Å²) < 4.78 is 17.2. The van der Waals surface area contributed by atoms with Crippen LogP contribution in [0.5, 0.6) is 5.88 Å². The molecule has 2 aromatic rings. The number of amides is 1. The Morgan fingerprint density at radius 2 is 2.19 bits per heavy atom. The van der Waals surface area contributed by atoms with Crippen LogP contribution in [0.15, 0.2) is 35.0 Å². The number of likely N-dealkylation sites (tertiary alicyclic amines) is 1. The summed E-state index contributed by atoms with van der Waals surface area (Å²) in [6.45, 7) is 3.77. The zero-order valence-corrected chi connectivity index (χ0v) is 14.9. The first-order valence-electron chi connectivity index (χ1n) is 9.08. The Morgan fingerprint density at radius 3 is 2.88 bits per heavy atom. The first kappa shape index (κ1) is 17.0. The fourth-order valence-corrected chi connectivity index (χ4v) is 3.77. The van der Waals surface area contributed by atoms with Gasteiger partial charge in [0.25, 0.3) is 5.91 Å². The van der Waals surface area contributed by atoms with Crippen LogP contribution in [-0.4, -0.2) is 52.3 Å². The number of hydrogen-bond donors (Lipinski definition) is 0. The molecule has 0 bridgehead atoms. The van der Waals surface area contributed by atoms with Gasteiger partial charge in [0.05, 0.1) is 12.2 Å². The zero-order valence-electron chi connectivity index (χ0n) is 14.9. The average Bonchev–Trinajstić information content (AvgIpc) is 3.09. The highest BCUT2D eigenvalue weighted by Crippen LogP contribution is 2.36. The molecule has 2 aliphatic heterocycles. The van der Waals surface area contributed by atoms with Crippen LogP contribution in [0.2, 0.25) is 0 Å². The van der Waals surface area contributed by atoms with E-state index in [4.69, 9.17) is 14.0 Å². The molecule has 1 atom stereocenters. The highest BCUT2D eigenvalue weighted by atomic mass is 16.5. The summed E-state index contributed by atoms with van der Waals surface area (Å²) >= 11 is 0. The molecule has 4 rings (SSSR count). The molecule has 0 saturated carbocycles. The average molecular weight is 357 g/mol. The van der Waals surface area contributed by atoms with Crippen LogP contribution in [0.4, 0.5) is 0 Å². The molecule has 2 aliphatic rings. The summed E-state index contributed by atoms with van der Waals surface area (Å²) in [6, 6.07) is 7.36. The first-order valence-corrected chi connectivity index (χ1v) is 9.08. The lowest BCUT2D eigenvalue weighted by Gasteiger charge is -2.45. The molecule has 2 aromatic heterocycles. The number of pyridine rings is 1. The molecular weight excluding hydrogens is 334 g/mol. The van der Waals surface area contributed by atoms with Gasteiger partial charge in [-0.15, -0.1) is 0 Å². The van der Waals surface area contributed by atoms with Crippen molar-refractivity contribution in [2.75, 3.05) is 19.7 Å². The van der Waals surface area contributed by atoms with Crippen molar-refractivity contribution in [2.45, 2.75) is 44.3 Å². The molecule has 7 nitrogen and oxygen atoms in total. The van der Waals surface area contributed by atoms with E-state index in [0.29, 0.717) is 37.0 Å². The van der Waals surface area contributed by atoms with Gasteiger partial charge in [0.1, 0.15) is 11.9 Å². The van der Waals surface area contributed by atoms with E-state index in [9.17, 15) is 4.79 Å². The minimum atomic E-state index is -0.214. The Kier molecular flexibility index (Phi) is 4.63. The van der Waals surface area contributed by atoms with Gasteiger partial charge in [0.15, 0.2) is 5.69 Å². The van der Waals surface area contributed by atoms with Crippen molar-refractivity contribution in [1.82, 2.24) is 15.0 Å². The predicted octanol–water partition coefficient (Wildman–Crippen LogP) is 2.61. The molecule has 7 heteroatoms. The number of rotatable bonds is 3. The summed E-state index contributed by atoms with van der Waals surface area (Å²) in [7, 11) is 0. The Balaban J connectivity index is 1.36. The molecule has 1 amide bonds. The van der Waals surface area contributed by atoms with Crippen LogP contribution >= 0.6 is 0 Å². The summed E-state index contributed by atoms with van der Waals surface area (Å²) in [5.74, 6) is 1.23. The van der Waals surface area contributed by atoms with Gasteiger partial charge in [-0.25, -0.2) is 4.98 Å². The molecule has 26 heavy (non-hydrogen) atoms. The highest BCUT2D eigenvalue weighted by molar-refractivity contribution is 5.92. The Labute approximate surface area is 152 Å². The minimum Gasteiger partial charge on any atom is -0.474 e. The molecular formula is C19H23N3O4. The van der Waals surface area contributed by atoms with Gasteiger partial charge in [-0.05, 0) is 25.8 Å². The van der Waals surface area contributed by atoms with Crippen LogP contribution in [0.3, 0.4) is 0 Å². The van der Waals surface area contributed by atoms with Crippen molar-refractivity contribution in [1.29, 1.82) is 0 Å². The number of aryl methyl sites for hydroxylation is 1. The lowest BCUT2D eigenvalue weighted by Crippen LogP contribution is -2.52. The summed E-state index contributed by atoms with van der Waals surface area (Å²) in [5.41, 5.74) is 0.160. The van der Waals surface area contributed by atoms with Gasteiger partial charge in [-0.1, -0.05) is 11.2 Å². The van der Waals surface area contributed by atoms with Crippen molar-refractivity contribution in [3.63, 3.8) is 0 Å². The second-order valence-electron chi connectivity index (χ2n) is 7.05. The van der Waals surface area contributed by atoms with E-state index in [1.165, 1.54) is 0 Å². The third-order valence-corrected chi connectivity index (χ3v) is 5.18. The van der Waals surface area contributed by atoms with Crippen molar-refractivity contribution >= 4 is 5.91 Å². The number of carbonyl (C=O) groups excluding carboxylic acids is 1. The SMILES string of the molecule is Cc1cc(C(=O)N2CCC3(CC2)CC(Oc2ccccn2)CCO3)no1. The van der Waals surface area contributed by atoms with Crippen molar-refractivity contribution < 1.29 is 18.8 Å². The molecule has 138 valence electrons. The third-order valence-electron chi connectivity index (χ3n) is 5.18. The molecule has 0 aliphatic carbocycles. The Hall–Kier alpha value is -2.41. The summed E-state index contributed by atoms with van der Waals surface area (Å²) in [5, 5.41) is 3.83. The van der Waals surface area contributed by atoms with E-state index in [1.54, 1.807) is 19.2 Å². The normalized spacial score (nSPS) is 22.3. The number of aromatic nitrogens is 2. The molecule has 0 radical (unpaired) electrons. The van der Waals surface area contributed by atoms with Crippen LogP contribution in [-0.2, 0) is 4.74 Å². The van der Waals surface area contributed by atoms with E-state index in [1.807, 2.05) is 23.1 Å². The number of carbonyl (C=O) groups is 1. The van der Waals surface area contributed by atoms with Gasteiger partial charge in [-0.3, -0.25) is 4.79 Å². The summed E-state index contributed by atoms with van der Waals surface area (Å²) in [4.78, 5) is 18.6. The highest BCUT2D eigenvalue weighted by Gasteiger charge is 2.42.